The van der Waals surface area contributed by atoms with Crippen molar-refractivity contribution in [1.29, 1.82) is 0 Å². The van der Waals surface area contributed by atoms with Crippen molar-refractivity contribution in [3.8, 4) is 0 Å². The van der Waals surface area contributed by atoms with Crippen molar-refractivity contribution in [2.45, 2.75) is 18.9 Å². The van der Waals surface area contributed by atoms with E-state index < -0.39 is 5.54 Å². The third kappa shape index (κ3) is 2.74. The molecule has 0 bridgehead atoms. The van der Waals surface area contributed by atoms with E-state index in [1.165, 1.54) is 0 Å². The third-order valence-electron chi connectivity index (χ3n) is 3.07. The summed E-state index contributed by atoms with van der Waals surface area (Å²) in [6.45, 7) is 1.64. The van der Waals surface area contributed by atoms with Crippen molar-refractivity contribution in [2.75, 3.05) is 0 Å². The van der Waals surface area contributed by atoms with Crippen LogP contribution in [0.25, 0.3) is 6.08 Å². The molecule has 1 aromatic rings. The van der Waals surface area contributed by atoms with Crippen LogP contribution in [-0.2, 0) is 0 Å². The van der Waals surface area contributed by atoms with Crippen LogP contribution in [-0.4, -0.2) is 10.5 Å². The lowest BCUT2D eigenvalue weighted by molar-refractivity contribution is -0.549. The minimum Gasteiger partial charge on any atom is -0.264 e. The highest BCUT2D eigenvalue weighted by molar-refractivity contribution is 5.55. The monoisotopic (exact) mass is 241 g/mol. The Balaban J connectivity index is 2.07. The van der Waals surface area contributed by atoms with Gasteiger partial charge < -0.3 is 0 Å². The van der Waals surface area contributed by atoms with E-state index in [1.807, 2.05) is 54.6 Å². The van der Waals surface area contributed by atoms with Crippen LogP contribution in [0.1, 0.15) is 18.9 Å². The van der Waals surface area contributed by atoms with Gasteiger partial charge in [-0.15, -0.1) is 0 Å². The van der Waals surface area contributed by atoms with Crippen LogP contribution in [0.3, 0.4) is 0 Å². The predicted molar refractivity (Wildman–Crippen MR) is 72.7 cm³/mol. The van der Waals surface area contributed by atoms with Gasteiger partial charge in [0.25, 0.3) is 0 Å². The van der Waals surface area contributed by atoms with Gasteiger partial charge in [0.1, 0.15) is 0 Å². The minimum absolute atomic E-state index is 0.238. The summed E-state index contributed by atoms with van der Waals surface area (Å²) >= 11 is 0. The van der Waals surface area contributed by atoms with Crippen LogP contribution in [0.15, 0.2) is 60.2 Å². The second-order valence-corrected chi connectivity index (χ2v) is 4.60. The standard InChI is InChI=1S/C15H15NO2/c1-15(16(17)18)11-9-14(10-12-15)8-7-13-5-3-2-4-6-13/h2-11H,12H2,1H3. The number of hydrogen-bond donors (Lipinski definition) is 0. The molecule has 1 aromatic carbocycles. The van der Waals surface area contributed by atoms with Gasteiger partial charge in [0, 0.05) is 18.3 Å². The third-order valence-corrected chi connectivity index (χ3v) is 3.07. The molecule has 1 unspecified atom stereocenters. The molecule has 0 aliphatic heterocycles. The molecule has 18 heavy (non-hydrogen) atoms. The van der Waals surface area contributed by atoms with Crippen LogP contribution >= 0.6 is 0 Å². The topological polar surface area (TPSA) is 43.1 Å². The maximum atomic E-state index is 10.9. The van der Waals surface area contributed by atoms with E-state index in [0.29, 0.717) is 6.42 Å². The van der Waals surface area contributed by atoms with E-state index in [2.05, 4.69) is 0 Å². The molecule has 0 saturated heterocycles. The van der Waals surface area contributed by atoms with Crippen molar-refractivity contribution in [3.05, 3.63) is 75.9 Å². The fraction of sp³-hybridized carbons (Fsp3) is 0.200. The van der Waals surface area contributed by atoms with Crippen LogP contribution < -0.4 is 0 Å². The average Bonchev–Trinajstić information content (AvgIpc) is 2.39. The minimum atomic E-state index is -0.954. The van der Waals surface area contributed by atoms with Crippen LogP contribution in [0.4, 0.5) is 0 Å². The highest BCUT2D eigenvalue weighted by Gasteiger charge is 2.34. The maximum absolute atomic E-state index is 10.9. The number of rotatable bonds is 3. The lowest BCUT2D eigenvalue weighted by atomic mass is 9.91. The Morgan fingerprint density at radius 3 is 2.56 bits per heavy atom. The van der Waals surface area contributed by atoms with Crippen molar-refractivity contribution in [2.24, 2.45) is 0 Å². The molecule has 2 rings (SSSR count). The summed E-state index contributed by atoms with van der Waals surface area (Å²) in [4.78, 5) is 10.6. The highest BCUT2D eigenvalue weighted by atomic mass is 16.6. The van der Waals surface area contributed by atoms with Gasteiger partial charge in [0.2, 0.25) is 5.54 Å². The normalized spacial score (nSPS) is 23.1. The fourth-order valence-corrected chi connectivity index (χ4v) is 1.75. The lowest BCUT2D eigenvalue weighted by Gasteiger charge is -2.18. The Bertz CT molecular complexity index is 529. The predicted octanol–water partition coefficient (Wildman–Crippen LogP) is 3.62. The van der Waals surface area contributed by atoms with Crippen molar-refractivity contribution >= 4 is 6.08 Å². The molecule has 0 spiro atoms. The van der Waals surface area contributed by atoms with Crippen molar-refractivity contribution in [3.63, 3.8) is 0 Å². The second kappa shape index (κ2) is 5.00. The first kappa shape index (κ1) is 12.3. The number of allylic oxidation sites excluding steroid dienone is 3. The number of hydrogen-bond acceptors (Lipinski definition) is 2. The van der Waals surface area contributed by atoms with Gasteiger partial charge in [-0.3, -0.25) is 10.1 Å². The molecule has 1 atom stereocenters. The molecule has 1 aliphatic rings. The van der Waals surface area contributed by atoms with Gasteiger partial charge >= 0.3 is 0 Å². The molecule has 0 fully saturated rings. The van der Waals surface area contributed by atoms with Gasteiger partial charge in [0.15, 0.2) is 0 Å². The van der Waals surface area contributed by atoms with Gasteiger partial charge in [-0.2, -0.15) is 0 Å². The lowest BCUT2D eigenvalue weighted by Crippen LogP contribution is -2.32. The van der Waals surface area contributed by atoms with E-state index in [-0.39, 0.29) is 4.92 Å². The van der Waals surface area contributed by atoms with Gasteiger partial charge in [-0.05, 0) is 17.2 Å². The largest absolute Gasteiger partial charge is 0.264 e. The summed E-state index contributed by atoms with van der Waals surface area (Å²) in [5.41, 5.74) is 1.18. The Morgan fingerprint density at radius 1 is 1.28 bits per heavy atom. The summed E-state index contributed by atoms with van der Waals surface area (Å²) in [5, 5.41) is 10.9. The second-order valence-electron chi connectivity index (χ2n) is 4.60. The molecule has 0 N–H and O–H groups in total. The van der Waals surface area contributed by atoms with E-state index in [0.717, 1.165) is 11.1 Å². The molecule has 0 aromatic heterocycles. The molecule has 0 radical (unpaired) electrons. The van der Waals surface area contributed by atoms with E-state index in [1.54, 1.807) is 13.0 Å². The Labute approximate surface area is 106 Å². The highest BCUT2D eigenvalue weighted by Crippen LogP contribution is 2.24. The molecule has 3 heteroatoms. The first-order chi connectivity index (χ1) is 8.60. The Kier molecular flexibility index (Phi) is 3.42. The molecule has 0 amide bonds. The number of nitrogens with zero attached hydrogens (tertiary/aromatic N) is 1. The fourth-order valence-electron chi connectivity index (χ4n) is 1.75. The molecular weight excluding hydrogens is 226 g/mol. The van der Waals surface area contributed by atoms with Crippen LogP contribution in [0.5, 0.6) is 0 Å². The first-order valence-electron chi connectivity index (χ1n) is 5.87. The van der Waals surface area contributed by atoms with Crippen LogP contribution in [0.2, 0.25) is 0 Å². The number of nitro groups is 1. The van der Waals surface area contributed by atoms with Gasteiger partial charge in [-0.1, -0.05) is 54.6 Å². The van der Waals surface area contributed by atoms with E-state index in [4.69, 9.17) is 0 Å². The molecule has 0 heterocycles. The molecular formula is C15H15NO2. The smallest absolute Gasteiger partial charge is 0.241 e. The van der Waals surface area contributed by atoms with Crippen LogP contribution in [0, 0.1) is 10.1 Å². The number of benzene rings is 1. The Hall–Kier alpha value is -2.16. The van der Waals surface area contributed by atoms with E-state index in [9.17, 15) is 10.1 Å². The summed E-state index contributed by atoms with van der Waals surface area (Å²) in [5.74, 6) is 0. The average molecular weight is 241 g/mol. The summed E-state index contributed by atoms with van der Waals surface area (Å²) in [6, 6.07) is 9.97. The zero-order valence-electron chi connectivity index (χ0n) is 10.2. The molecule has 92 valence electrons. The van der Waals surface area contributed by atoms with Gasteiger partial charge in [-0.25, -0.2) is 0 Å². The quantitative estimate of drug-likeness (QED) is 0.599. The van der Waals surface area contributed by atoms with Crippen molar-refractivity contribution in [1.82, 2.24) is 0 Å². The zero-order chi connectivity index (χ0) is 13.0. The van der Waals surface area contributed by atoms with E-state index >= 15 is 0 Å². The Morgan fingerprint density at radius 2 is 2.00 bits per heavy atom. The zero-order valence-corrected chi connectivity index (χ0v) is 10.2. The molecule has 1 aliphatic carbocycles. The maximum Gasteiger partial charge on any atom is 0.241 e. The van der Waals surface area contributed by atoms with Crippen molar-refractivity contribution < 1.29 is 4.92 Å². The summed E-state index contributed by atoms with van der Waals surface area (Å²) < 4.78 is 0. The molecule has 0 saturated carbocycles. The van der Waals surface area contributed by atoms with Gasteiger partial charge in [0.05, 0.1) is 0 Å². The summed E-state index contributed by atoms with van der Waals surface area (Å²) in [6.07, 6.45) is 9.80. The SMILES string of the molecule is CC1([N+](=O)[O-])C=CC(C=Cc2ccccc2)=CC1. The first-order valence-corrected chi connectivity index (χ1v) is 5.87. The molecule has 3 nitrogen and oxygen atoms in total. The summed E-state index contributed by atoms with van der Waals surface area (Å²) in [7, 11) is 0.